The molecule has 88 valence electrons. The molecule has 3 N–H and O–H groups in total. The molecule has 0 radical (unpaired) electrons. The van der Waals surface area contributed by atoms with Gasteiger partial charge in [0.15, 0.2) is 0 Å². The maximum absolute atomic E-state index is 10.7. The summed E-state index contributed by atoms with van der Waals surface area (Å²) >= 11 is 0. The fourth-order valence-electron chi connectivity index (χ4n) is 1.61. The number of carbonyl (C=O) groups is 1. The van der Waals surface area contributed by atoms with Crippen LogP contribution in [0.5, 0.6) is 0 Å². The first kappa shape index (κ1) is 12.6. The van der Waals surface area contributed by atoms with Gasteiger partial charge in [-0.05, 0) is 20.4 Å². The van der Waals surface area contributed by atoms with Gasteiger partial charge in [0.2, 0.25) is 5.91 Å². The van der Waals surface area contributed by atoms with Gasteiger partial charge in [0, 0.05) is 23.5 Å². The van der Waals surface area contributed by atoms with Crippen molar-refractivity contribution in [3.8, 4) is 0 Å². The van der Waals surface area contributed by atoms with E-state index in [1.165, 1.54) is 0 Å². The van der Waals surface area contributed by atoms with Crippen LogP contribution in [0.2, 0.25) is 0 Å². The van der Waals surface area contributed by atoms with Gasteiger partial charge in [-0.3, -0.25) is 4.79 Å². The first-order valence-electron chi connectivity index (χ1n) is 5.38. The molecule has 0 aromatic carbocycles. The molecule has 1 amide bonds. The third-order valence-corrected chi connectivity index (χ3v) is 2.38. The van der Waals surface area contributed by atoms with Crippen molar-refractivity contribution in [2.24, 2.45) is 5.73 Å². The number of nitrogens with two attached hydrogens (primary N) is 1. The second kappa shape index (κ2) is 5.55. The van der Waals surface area contributed by atoms with E-state index >= 15 is 0 Å². The highest BCUT2D eigenvalue weighted by Crippen LogP contribution is 2.14. The van der Waals surface area contributed by atoms with Crippen molar-refractivity contribution >= 4 is 5.91 Å². The van der Waals surface area contributed by atoms with Crippen molar-refractivity contribution in [3.63, 3.8) is 0 Å². The molecule has 0 aliphatic heterocycles. The van der Waals surface area contributed by atoms with Crippen LogP contribution in [0.15, 0.2) is 6.20 Å². The van der Waals surface area contributed by atoms with E-state index in [0.29, 0.717) is 5.82 Å². The minimum atomic E-state index is -0.410. The third-order valence-electron chi connectivity index (χ3n) is 2.38. The second-order valence-electron chi connectivity index (χ2n) is 3.75. The normalized spacial score (nSPS) is 12.4. The molecule has 1 rings (SSSR count). The average molecular weight is 222 g/mol. The van der Waals surface area contributed by atoms with Gasteiger partial charge in [0.25, 0.3) is 0 Å². The smallest absolute Gasteiger partial charge is 0.225 e. The standard InChI is InChI=1S/C11H18N4O/c1-4-13-7(2)9-6-14-11(5-10(12)16)15-8(9)3/h6-7,13H,4-5H2,1-3H3,(H2,12,16). The van der Waals surface area contributed by atoms with Crippen LogP contribution in [-0.2, 0) is 11.2 Å². The molecule has 0 aliphatic carbocycles. The van der Waals surface area contributed by atoms with E-state index in [2.05, 4.69) is 22.2 Å². The van der Waals surface area contributed by atoms with Crippen LogP contribution in [0, 0.1) is 6.92 Å². The van der Waals surface area contributed by atoms with E-state index in [1.807, 2.05) is 13.8 Å². The monoisotopic (exact) mass is 222 g/mol. The number of carbonyl (C=O) groups excluding carboxylic acids is 1. The molecule has 5 nitrogen and oxygen atoms in total. The molecule has 0 aliphatic rings. The summed E-state index contributed by atoms with van der Waals surface area (Å²) in [5.74, 6) is 0.0735. The Labute approximate surface area is 95.5 Å². The summed E-state index contributed by atoms with van der Waals surface area (Å²) in [6.07, 6.45) is 1.85. The summed E-state index contributed by atoms with van der Waals surface area (Å²) in [6.45, 7) is 6.91. The lowest BCUT2D eigenvalue weighted by Gasteiger charge is -2.14. The quantitative estimate of drug-likeness (QED) is 0.759. The predicted octanol–water partition coefficient (Wildman–Crippen LogP) is 0.483. The van der Waals surface area contributed by atoms with E-state index < -0.39 is 5.91 Å². The van der Waals surface area contributed by atoms with Gasteiger partial charge in [-0.1, -0.05) is 6.92 Å². The highest BCUT2D eigenvalue weighted by atomic mass is 16.1. The molecule has 1 unspecified atom stereocenters. The molecule has 0 saturated heterocycles. The van der Waals surface area contributed by atoms with Crippen LogP contribution in [-0.4, -0.2) is 22.4 Å². The summed E-state index contributed by atoms with van der Waals surface area (Å²) in [6, 6.07) is 0.215. The number of nitrogens with zero attached hydrogens (tertiary/aromatic N) is 2. The lowest BCUT2D eigenvalue weighted by molar-refractivity contribution is -0.117. The van der Waals surface area contributed by atoms with Crippen molar-refractivity contribution < 1.29 is 4.79 Å². The first-order valence-corrected chi connectivity index (χ1v) is 5.38. The van der Waals surface area contributed by atoms with Crippen molar-refractivity contribution in [2.45, 2.75) is 33.2 Å². The van der Waals surface area contributed by atoms with Crippen molar-refractivity contribution in [3.05, 3.63) is 23.3 Å². The number of nitrogens with one attached hydrogen (secondary N) is 1. The summed E-state index contributed by atoms with van der Waals surface area (Å²) in [4.78, 5) is 19.1. The van der Waals surface area contributed by atoms with Crippen molar-refractivity contribution in [2.75, 3.05) is 6.54 Å². The largest absolute Gasteiger partial charge is 0.369 e. The number of amides is 1. The Hall–Kier alpha value is -1.49. The van der Waals surface area contributed by atoms with Gasteiger partial charge in [-0.2, -0.15) is 0 Å². The van der Waals surface area contributed by atoms with Gasteiger partial charge >= 0.3 is 0 Å². The van der Waals surface area contributed by atoms with E-state index in [1.54, 1.807) is 6.20 Å². The molecule has 1 heterocycles. The zero-order valence-corrected chi connectivity index (χ0v) is 9.95. The molecule has 0 spiro atoms. The van der Waals surface area contributed by atoms with Gasteiger partial charge in [-0.25, -0.2) is 9.97 Å². The lowest BCUT2D eigenvalue weighted by atomic mass is 10.1. The van der Waals surface area contributed by atoms with E-state index in [4.69, 9.17) is 5.73 Å². The van der Waals surface area contributed by atoms with Gasteiger partial charge in [0.1, 0.15) is 5.82 Å². The molecule has 0 bridgehead atoms. The zero-order chi connectivity index (χ0) is 12.1. The maximum atomic E-state index is 10.7. The minimum Gasteiger partial charge on any atom is -0.369 e. The number of primary amides is 1. The topological polar surface area (TPSA) is 80.9 Å². The van der Waals surface area contributed by atoms with Gasteiger partial charge < -0.3 is 11.1 Å². The molecule has 1 atom stereocenters. The molecular formula is C11H18N4O. The van der Waals surface area contributed by atoms with E-state index in [9.17, 15) is 4.79 Å². The predicted molar refractivity (Wildman–Crippen MR) is 61.8 cm³/mol. The number of hydrogen-bond acceptors (Lipinski definition) is 4. The van der Waals surface area contributed by atoms with Crippen LogP contribution in [0.3, 0.4) is 0 Å². The summed E-state index contributed by atoms with van der Waals surface area (Å²) in [5.41, 5.74) is 7.03. The summed E-state index contributed by atoms with van der Waals surface area (Å²) in [5, 5.41) is 3.29. The van der Waals surface area contributed by atoms with Crippen LogP contribution in [0.1, 0.15) is 37.0 Å². The Morgan fingerprint density at radius 1 is 1.62 bits per heavy atom. The maximum Gasteiger partial charge on any atom is 0.225 e. The fourth-order valence-corrected chi connectivity index (χ4v) is 1.61. The molecular weight excluding hydrogens is 204 g/mol. The van der Waals surface area contributed by atoms with Crippen molar-refractivity contribution in [1.29, 1.82) is 0 Å². The number of hydrogen-bond donors (Lipinski definition) is 2. The fraction of sp³-hybridized carbons (Fsp3) is 0.545. The highest BCUT2D eigenvalue weighted by molar-refractivity contribution is 5.75. The summed E-state index contributed by atoms with van der Waals surface area (Å²) in [7, 11) is 0. The molecule has 1 aromatic heterocycles. The molecule has 5 heteroatoms. The molecule has 0 fully saturated rings. The molecule has 0 saturated carbocycles. The highest BCUT2D eigenvalue weighted by Gasteiger charge is 2.10. The first-order chi connectivity index (χ1) is 7.54. The lowest BCUT2D eigenvalue weighted by Crippen LogP contribution is -2.21. The Bertz CT molecular complexity index is 378. The van der Waals surface area contributed by atoms with E-state index in [-0.39, 0.29) is 12.5 Å². The van der Waals surface area contributed by atoms with Gasteiger partial charge in [-0.15, -0.1) is 0 Å². The van der Waals surface area contributed by atoms with Crippen LogP contribution >= 0.6 is 0 Å². The van der Waals surface area contributed by atoms with Gasteiger partial charge in [0.05, 0.1) is 6.42 Å². The Morgan fingerprint density at radius 2 is 2.31 bits per heavy atom. The number of rotatable bonds is 5. The second-order valence-corrected chi connectivity index (χ2v) is 3.75. The zero-order valence-electron chi connectivity index (χ0n) is 9.95. The van der Waals surface area contributed by atoms with Crippen molar-refractivity contribution in [1.82, 2.24) is 15.3 Å². The summed E-state index contributed by atoms with van der Waals surface area (Å²) < 4.78 is 0. The van der Waals surface area contributed by atoms with Crippen LogP contribution in [0.25, 0.3) is 0 Å². The van der Waals surface area contributed by atoms with Crippen LogP contribution in [0.4, 0.5) is 0 Å². The average Bonchev–Trinajstić information content (AvgIpc) is 2.16. The minimum absolute atomic E-state index is 0.0940. The number of aryl methyl sites for hydroxylation is 1. The Balaban J connectivity index is 2.86. The number of aromatic nitrogens is 2. The van der Waals surface area contributed by atoms with Crippen LogP contribution < -0.4 is 11.1 Å². The Kier molecular flexibility index (Phi) is 4.37. The molecule has 1 aromatic rings. The SMILES string of the molecule is CCNC(C)c1cnc(CC(N)=O)nc1C. The molecule has 16 heavy (non-hydrogen) atoms. The Morgan fingerprint density at radius 3 is 2.81 bits per heavy atom. The van der Waals surface area contributed by atoms with E-state index in [0.717, 1.165) is 17.8 Å². The third kappa shape index (κ3) is 3.27.